The molecular weight excluding hydrogens is 268 g/mol. The highest BCUT2D eigenvalue weighted by atomic mass is 16.5. The van der Waals surface area contributed by atoms with E-state index in [0.29, 0.717) is 17.2 Å². The summed E-state index contributed by atoms with van der Waals surface area (Å²) in [5.74, 6) is 1.88. The van der Waals surface area contributed by atoms with Gasteiger partial charge in [0.2, 0.25) is 0 Å². The highest BCUT2D eigenvalue weighted by Gasteiger charge is 2.23. The number of amides is 1. The Bertz CT molecular complexity index is 659. The Morgan fingerprint density at radius 2 is 2.43 bits per heavy atom. The van der Waals surface area contributed by atoms with Gasteiger partial charge >= 0.3 is 6.09 Å². The minimum atomic E-state index is -0.811. The number of aryl methyl sites for hydroxylation is 1. The second kappa shape index (κ2) is 5.73. The summed E-state index contributed by atoms with van der Waals surface area (Å²) in [6.45, 7) is 4.94. The summed E-state index contributed by atoms with van der Waals surface area (Å²) in [5.41, 5.74) is 6.82. The number of nitrogens with one attached hydrogen (secondary N) is 1. The van der Waals surface area contributed by atoms with E-state index in [0.717, 1.165) is 43.8 Å². The van der Waals surface area contributed by atoms with Crippen LogP contribution in [0.4, 0.5) is 4.79 Å². The van der Waals surface area contributed by atoms with Crippen LogP contribution in [-0.2, 0) is 6.54 Å². The molecule has 21 heavy (non-hydrogen) atoms. The van der Waals surface area contributed by atoms with Crippen molar-refractivity contribution in [2.75, 3.05) is 13.1 Å². The van der Waals surface area contributed by atoms with E-state index in [-0.39, 0.29) is 0 Å². The maximum atomic E-state index is 11.0. The highest BCUT2D eigenvalue weighted by molar-refractivity contribution is 5.85. The van der Waals surface area contributed by atoms with Crippen molar-refractivity contribution in [3.8, 4) is 5.75 Å². The smallest absolute Gasteiger partial charge is 0.408 e. The van der Waals surface area contributed by atoms with Crippen molar-refractivity contribution < 1.29 is 9.53 Å². The molecule has 2 aromatic rings. The number of carbonyl (C=O) groups excluding carboxylic acids is 1. The molecule has 1 aromatic heterocycles. The molecule has 3 N–H and O–H groups in total. The lowest BCUT2D eigenvalue weighted by Gasteiger charge is -2.22. The quantitative estimate of drug-likeness (QED) is 0.904. The van der Waals surface area contributed by atoms with Crippen LogP contribution >= 0.6 is 0 Å². The average Bonchev–Trinajstić information content (AvgIpc) is 2.87. The van der Waals surface area contributed by atoms with Crippen LogP contribution in [0.2, 0.25) is 0 Å². The van der Waals surface area contributed by atoms with Gasteiger partial charge in [-0.1, -0.05) is 6.07 Å². The number of nitrogens with zero attached hydrogens (tertiary/aromatic N) is 2. The molecule has 1 unspecified atom stereocenters. The van der Waals surface area contributed by atoms with Crippen LogP contribution in [0.3, 0.4) is 0 Å². The molecule has 1 aliphatic heterocycles. The first-order valence-corrected chi connectivity index (χ1v) is 7.38. The molecule has 0 spiro atoms. The first-order chi connectivity index (χ1) is 10.2. The third kappa shape index (κ3) is 2.58. The third-order valence-corrected chi connectivity index (χ3v) is 3.96. The lowest BCUT2D eigenvalue weighted by molar-refractivity contribution is 0.211. The molecule has 1 aromatic carbocycles. The number of hydrogen-bond donors (Lipinski definition) is 2. The van der Waals surface area contributed by atoms with Crippen molar-refractivity contribution in [1.82, 2.24) is 14.9 Å². The molecule has 3 rings (SSSR count). The van der Waals surface area contributed by atoms with E-state index in [1.165, 1.54) is 0 Å². The van der Waals surface area contributed by atoms with Gasteiger partial charge in [0.05, 0.1) is 5.52 Å². The van der Waals surface area contributed by atoms with Crippen LogP contribution in [-0.4, -0.2) is 28.7 Å². The lowest BCUT2D eigenvalue weighted by atomic mass is 9.99. The Kier molecular flexibility index (Phi) is 3.79. The van der Waals surface area contributed by atoms with Crippen molar-refractivity contribution in [3.05, 3.63) is 24.0 Å². The summed E-state index contributed by atoms with van der Waals surface area (Å²) in [7, 11) is 0. The van der Waals surface area contributed by atoms with Crippen LogP contribution < -0.4 is 15.8 Å². The fourth-order valence-electron chi connectivity index (χ4n) is 3.05. The van der Waals surface area contributed by atoms with E-state index in [1.54, 1.807) is 6.07 Å². The molecule has 0 radical (unpaired) electrons. The molecular formula is C15H20N4O2. The number of rotatable bonds is 3. The van der Waals surface area contributed by atoms with E-state index in [2.05, 4.69) is 16.8 Å². The molecule has 1 saturated heterocycles. The fraction of sp³-hybridized carbons (Fsp3) is 0.467. The predicted molar refractivity (Wildman–Crippen MR) is 80.5 cm³/mol. The van der Waals surface area contributed by atoms with Gasteiger partial charge in [0, 0.05) is 19.0 Å². The van der Waals surface area contributed by atoms with Gasteiger partial charge in [-0.15, -0.1) is 0 Å². The number of nitrogens with two attached hydrogens (primary N) is 1. The minimum Gasteiger partial charge on any atom is -0.408 e. The molecule has 2 heterocycles. The van der Waals surface area contributed by atoms with E-state index < -0.39 is 6.09 Å². The summed E-state index contributed by atoms with van der Waals surface area (Å²) >= 11 is 0. The first kappa shape index (κ1) is 13.9. The van der Waals surface area contributed by atoms with Gasteiger partial charge in [-0.25, -0.2) is 9.78 Å². The Hall–Kier alpha value is -2.08. The zero-order valence-electron chi connectivity index (χ0n) is 12.1. The second-order valence-corrected chi connectivity index (χ2v) is 5.30. The number of fused-ring (bicyclic) bond motifs is 1. The van der Waals surface area contributed by atoms with E-state index in [1.807, 2.05) is 12.1 Å². The summed E-state index contributed by atoms with van der Waals surface area (Å²) < 4.78 is 7.27. The molecule has 0 saturated carbocycles. The van der Waals surface area contributed by atoms with E-state index in [9.17, 15) is 4.79 Å². The average molecular weight is 288 g/mol. The van der Waals surface area contributed by atoms with E-state index in [4.69, 9.17) is 15.5 Å². The second-order valence-electron chi connectivity index (χ2n) is 5.30. The first-order valence-electron chi connectivity index (χ1n) is 7.38. The van der Waals surface area contributed by atoms with Gasteiger partial charge < -0.3 is 20.4 Å². The topological polar surface area (TPSA) is 82.2 Å². The number of ether oxygens (including phenoxy) is 1. The number of imidazole rings is 1. The molecule has 0 aliphatic carbocycles. The zero-order chi connectivity index (χ0) is 14.8. The summed E-state index contributed by atoms with van der Waals surface area (Å²) in [4.78, 5) is 15.8. The Labute approximate surface area is 123 Å². The highest BCUT2D eigenvalue weighted by Crippen LogP contribution is 2.31. The summed E-state index contributed by atoms with van der Waals surface area (Å²) in [6.07, 6.45) is 1.47. The van der Waals surface area contributed by atoms with Crippen LogP contribution in [0.15, 0.2) is 18.2 Å². The van der Waals surface area contributed by atoms with Gasteiger partial charge in [0.1, 0.15) is 11.3 Å². The van der Waals surface area contributed by atoms with Crippen LogP contribution in [0, 0.1) is 0 Å². The van der Waals surface area contributed by atoms with E-state index >= 15 is 0 Å². The fourth-order valence-corrected chi connectivity index (χ4v) is 3.05. The van der Waals surface area contributed by atoms with Crippen molar-refractivity contribution in [1.29, 1.82) is 0 Å². The number of aromatic nitrogens is 2. The number of hydrogen-bond acceptors (Lipinski definition) is 4. The molecule has 1 amide bonds. The maximum Gasteiger partial charge on any atom is 0.410 e. The van der Waals surface area contributed by atoms with Gasteiger partial charge in [0.25, 0.3) is 0 Å². The SMILES string of the molecule is CCn1c(C2CCCNC2)nc2c(OC(N)=O)cccc21. The van der Waals surface area contributed by atoms with Crippen LogP contribution in [0.1, 0.15) is 31.5 Å². The maximum absolute atomic E-state index is 11.0. The predicted octanol–water partition coefficient (Wildman–Crippen LogP) is 1.98. The van der Waals surface area contributed by atoms with Crippen molar-refractivity contribution in [2.45, 2.75) is 32.2 Å². The Morgan fingerprint density at radius 1 is 1.57 bits per heavy atom. The summed E-state index contributed by atoms with van der Waals surface area (Å²) in [5, 5.41) is 3.42. The zero-order valence-corrected chi connectivity index (χ0v) is 12.1. The largest absolute Gasteiger partial charge is 0.410 e. The number of carbonyl (C=O) groups is 1. The van der Waals surface area contributed by atoms with Crippen molar-refractivity contribution in [3.63, 3.8) is 0 Å². The molecule has 112 valence electrons. The minimum absolute atomic E-state index is 0.396. The third-order valence-electron chi connectivity index (χ3n) is 3.96. The van der Waals surface area contributed by atoms with Gasteiger partial charge in [-0.05, 0) is 38.4 Å². The Morgan fingerprint density at radius 3 is 3.10 bits per heavy atom. The number of para-hydroxylation sites is 1. The standard InChI is InChI=1S/C15H20N4O2/c1-2-19-11-6-3-7-12(21-15(16)20)13(11)18-14(19)10-5-4-8-17-9-10/h3,6-7,10,17H,2,4-5,8-9H2,1H3,(H2,16,20). The molecule has 6 heteroatoms. The number of benzene rings is 1. The van der Waals surface area contributed by atoms with Gasteiger partial charge in [-0.2, -0.15) is 0 Å². The molecule has 1 aliphatic rings. The lowest BCUT2D eigenvalue weighted by Crippen LogP contribution is -2.30. The van der Waals surface area contributed by atoms with Crippen molar-refractivity contribution >= 4 is 17.1 Å². The summed E-state index contributed by atoms with van der Waals surface area (Å²) in [6, 6.07) is 5.58. The van der Waals surface area contributed by atoms with Crippen LogP contribution in [0.5, 0.6) is 5.75 Å². The monoisotopic (exact) mass is 288 g/mol. The van der Waals surface area contributed by atoms with Gasteiger partial charge in [0.15, 0.2) is 5.75 Å². The number of primary amides is 1. The molecule has 1 fully saturated rings. The van der Waals surface area contributed by atoms with Crippen LogP contribution in [0.25, 0.3) is 11.0 Å². The van der Waals surface area contributed by atoms with Crippen molar-refractivity contribution in [2.24, 2.45) is 5.73 Å². The normalized spacial score (nSPS) is 18.8. The Balaban J connectivity index is 2.09. The number of piperidine rings is 1. The van der Waals surface area contributed by atoms with Gasteiger partial charge in [-0.3, -0.25) is 0 Å². The molecule has 6 nitrogen and oxygen atoms in total. The molecule has 0 bridgehead atoms. The molecule has 1 atom stereocenters.